The molecule has 2 aromatic heterocycles. The Morgan fingerprint density at radius 3 is 2.90 bits per heavy atom. The second-order valence-corrected chi connectivity index (χ2v) is 5.17. The summed E-state index contributed by atoms with van der Waals surface area (Å²) in [6.07, 6.45) is 4.03. The first-order chi connectivity index (χ1) is 9.83. The summed E-state index contributed by atoms with van der Waals surface area (Å²) in [7, 11) is 0. The lowest BCUT2D eigenvalue weighted by atomic mass is 10.0. The molecule has 1 atom stereocenters. The number of hydrogen-bond donors (Lipinski definition) is 1. The third kappa shape index (κ3) is 1.87. The van der Waals surface area contributed by atoms with Crippen molar-refractivity contribution in [1.29, 1.82) is 0 Å². The van der Waals surface area contributed by atoms with Crippen LogP contribution < -0.4 is 5.73 Å². The van der Waals surface area contributed by atoms with Gasteiger partial charge in [0.1, 0.15) is 0 Å². The molecule has 1 unspecified atom stereocenters. The lowest BCUT2D eigenvalue weighted by Crippen LogP contribution is -2.14. The molecule has 1 aliphatic carbocycles. The molecular weight excluding hydrogens is 252 g/mol. The molecule has 0 saturated heterocycles. The van der Waals surface area contributed by atoms with Crippen LogP contribution in [0.4, 0.5) is 0 Å². The van der Waals surface area contributed by atoms with E-state index in [1.165, 1.54) is 0 Å². The maximum Gasteiger partial charge on any atom is 0.229 e. The van der Waals surface area contributed by atoms with Crippen LogP contribution in [0.3, 0.4) is 0 Å². The van der Waals surface area contributed by atoms with Crippen molar-refractivity contribution in [1.82, 2.24) is 15.1 Å². The molecule has 20 heavy (non-hydrogen) atoms. The molecule has 2 heterocycles. The standard InChI is InChI=1S/C15H14N4O/c16-12(14-18-15(20-19-14)10-6-7-10)11-5-1-3-9-4-2-8-17-13(9)11/h1-5,8,10,12H,6-7,16H2. The maximum atomic E-state index is 6.29. The topological polar surface area (TPSA) is 77.8 Å². The largest absolute Gasteiger partial charge is 0.339 e. The SMILES string of the molecule is NC(c1noc(C2CC2)n1)c1cccc2cccnc12. The number of pyridine rings is 1. The molecule has 4 rings (SSSR count). The number of nitrogens with two attached hydrogens (primary N) is 1. The van der Waals surface area contributed by atoms with Crippen LogP contribution in [-0.4, -0.2) is 15.1 Å². The Balaban J connectivity index is 1.77. The van der Waals surface area contributed by atoms with Crippen LogP contribution in [0.2, 0.25) is 0 Å². The van der Waals surface area contributed by atoms with E-state index in [0.29, 0.717) is 17.6 Å². The van der Waals surface area contributed by atoms with Crippen molar-refractivity contribution in [3.05, 3.63) is 53.8 Å². The van der Waals surface area contributed by atoms with Crippen molar-refractivity contribution < 1.29 is 4.52 Å². The van der Waals surface area contributed by atoms with Gasteiger partial charge in [-0.3, -0.25) is 4.98 Å². The minimum Gasteiger partial charge on any atom is -0.339 e. The molecule has 1 saturated carbocycles. The Labute approximate surface area is 115 Å². The van der Waals surface area contributed by atoms with Gasteiger partial charge in [-0.05, 0) is 18.9 Å². The fourth-order valence-corrected chi connectivity index (χ4v) is 2.39. The molecule has 1 aromatic carbocycles. The summed E-state index contributed by atoms with van der Waals surface area (Å²) in [6.45, 7) is 0. The molecule has 0 amide bonds. The zero-order valence-corrected chi connectivity index (χ0v) is 10.9. The average Bonchev–Trinajstić information content (AvgIpc) is 3.23. The van der Waals surface area contributed by atoms with E-state index >= 15 is 0 Å². The molecule has 0 aliphatic heterocycles. The van der Waals surface area contributed by atoms with Crippen molar-refractivity contribution >= 4 is 10.9 Å². The molecule has 3 aromatic rings. The highest BCUT2D eigenvalue weighted by Crippen LogP contribution is 2.39. The van der Waals surface area contributed by atoms with Crippen LogP contribution in [0, 0.1) is 0 Å². The number of nitrogens with zero attached hydrogens (tertiary/aromatic N) is 3. The van der Waals surface area contributed by atoms with E-state index in [9.17, 15) is 0 Å². The summed E-state index contributed by atoms with van der Waals surface area (Å²) < 4.78 is 5.28. The summed E-state index contributed by atoms with van der Waals surface area (Å²) >= 11 is 0. The van der Waals surface area contributed by atoms with E-state index in [0.717, 1.165) is 29.3 Å². The molecule has 5 nitrogen and oxygen atoms in total. The maximum absolute atomic E-state index is 6.29. The highest BCUT2D eigenvalue weighted by molar-refractivity contribution is 5.82. The number of benzene rings is 1. The molecule has 1 fully saturated rings. The fourth-order valence-electron chi connectivity index (χ4n) is 2.39. The predicted octanol–water partition coefficient (Wildman–Crippen LogP) is 2.54. The van der Waals surface area contributed by atoms with Gasteiger partial charge in [0, 0.05) is 23.1 Å². The van der Waals surface area contributed by atoms with Crippen molar-refractivity contribution in [2.24, 2.45) is 5.73 Å². The number of aromatic nitrogens is 3. The first kappa shape index (κ1) is 11.5. The smallest absolute Gasteiger partial charge is 0.229 e. The molecular formula is C15H14N4O. The Bertz CT molecular complexity index is 758. The minimum absolute atomic E-state index is 0.412. The molecule has 1 aliphatic rings. The molecule has 2 N–H and O–H groups in total. The summed E-state index contributed by atoms with van der Waals surface area (Å²) in [5, 5.41) is 5.08. The highest BCUT2D eigenvalue weighted by Gasteiger charge is 2.30. The van der Waals surface area contributed by atoms with E-state index in [4.69, 9.17) is 10.3 Å². The zero-order valence-electron chi connectivity index (χ0n) is 10.9. The Morgan fingerprint density at radius 1 is 1.20 bits per heavy atom. The molecule has 0 radical (unpaired) electrons. The van der Waals surface area contributed by atoms with Crippen LogP contribution >= 0.6 is 0 Å². The van der Waals surface area contributed by atoms with Gasteiger partial charge in [-0.25, -0.2) is 0 Å². The first-order valence-corrected chi connectivity index (χ1v) is 6.75. The van der Waals surface area contributed by atoms with E-state index in [2.05, 4.69) is 15.1 Å². The lowest BCUT2D eigenvalue weighted by molar-refractivity contribution is 0.372. The number of hydrogen-bond acceptors (Lipinski definition) is 5. The van der Waals surface area contributed by atoms with Crippen LogP contribution in [0.1, 0.15) is 42.1 Å². The van der Waals surface area contributed by atoms with Gasteiger partial charge < -0.3 is 10.3 Å². The summed E-state index contributed by atoms with van der Waals surface area (Å²) in [6, 6.07) is 9.48. The van der Waals surface area contributed by atoms with E-state index in [-0.39, 0.29) is 0 Å². The first-order valence-electron chi connectivity index (χ1n) is 6.75. The average molecular weight is 266 g/mol. The predicted molar refractivity (Wildman–Crippen MR) is 74.0 cm³/mol. The third-order valence-corrected chi connectivity index (χ3v) is 3.66. The van der Waals surface area contributed by atoms with Crippen molar-refractivity contribution in [2.75, 3.05) is 0 Å². The third-order valence-electron chi connectivity index (χ3n) is 3.66. The highest BCUT2D eigenvalue weighted by atomic mass is 16.5. The van der Waals surface area contributed by atoms with E-state index < -0.39 is 6.04 Å². The van der Waals surface area contributed by atoms with Gasteiger partial charge >= 0.3 is 0 Å². The van der Waals surface area contributed by atoms with Crippen LogP contribution in [-0.2, 0) is 0 Å². The Kier molecular flexibility index (Phi) is 2.53. The van der Waals surface area contributed by atoms with Gasteiger partial charge in [0.25, 0.3) is 0 Å². The van der Waals surface area contributed by atoms with E-state index in [1.54, 1.807) is 6.20 Å². The molecule has 0 spiro atoms. The summed E-state index contributed by atoms with van der Waals surface area (Å²) in [5.41, 5.74) is 8.10. The number of fused-ring (bicyclic) bond motifs is 1. The van der Waals surface area contributed by atoms with E-state index in [1.807, 2.05) is 30.3 Å². The van der Waals surface area contributed by atoms with Gasteiger partial charge in [-0.1, -0.05) is 29.4 Å². The Morgan fingerprint density at radius 2 is 2.05 bits per heavy atom. The quantitative estimate of drug-likeness (QED) is 0.788. The van der Waals surface area contributed by atoms with Crippen LogP contribution in [0.15, 0.2) is 41.1 Å². The van der Waals surface area contributed by atoms with Crippen molar-refractivity contribution in [3.63, 3.8) is 0 Å². The normalized spacial score (nSPS) is 16.4. The molecule has 0 bridgehead atoms. The van der Waals surface area contributed by atoms with Gasteiger partial charge in [-0.15, -0.1) is 0 Å². The number of para-hydroxylation sites is 1. The van der Waals surface area contributed by atoms with Crippen molar-refractivity contribution in [3.8, 4) is 0 Å². The second-order valence-electron chi connectivity index (χ2n) is 5.17. The fraction of sp³-hybridized carbons (Fsp3) is 0.267. The minimum atomic E-state index is -0.412. The van der Waals surface area contributed by atoms with Gasteiger partial charge in [-0.2, -0.15) is 4.98 Å². The van der Waals surface area contributed by atoms with Crippen molar-refractivity contribution in [2.45, 2.75) is 24.8 Å². The van der Waals surface area contributed by atoms with Crippen LogP contribution in [0.25, 0.3) is 10.9 Å². The monoisotopic (exact) mass is 266 g/mol. The Hall–Kier alpha value is -2.27. The van der Waals surface area contributed by atoms with Gasteiger partial charge in [0.2, 0.25) is 5.89 Å². The van der Waals surface area contributed by atoms with Crippen LogP contribution in [0.5, 0.6) is 0 Å². The summed E-state index contributed by atoms with van der Waals surface area (Å²) in [5.74, 6) is 1.68. The number of rotatable bonds is 3. The second kappa shape index (κ2) is 4.38. The zero-order chi connectivity index (χ0) is 13.5. The molecule has 100 valence electrons. The lowest BCUT2D eigenvalue weighted by Gasteiger charge is -2.10. The van der Waals surface area contributed by atoms with Gasteiger partial charge in [0.05, 0.1) is 11.6 Å². The molecule has 5 heteroatoms. The summed E-state index contributed by atoms with van der Waals surface area (Å²) in [4.78, 5) is 8.84. The van der Waals surface area contributed by atoms with Gasteiger partial charge in [0.15, 0.2) is 5.82 Å².